The van der Waals surface area contributed by atoms with E-state index in [9.17, 15) is 4.79 Å². The highest BCUT2D eigenvalue weighted by Gasteiger charge is 2.36. The third-order valence-electron chi connectivity index (χ3n) is 6.18. The number of carbonyl (C=O) groups excluding carboxylic acids is 1. The van der Waals surface area contributed by atoms with Gasteiger partial charge >= 0.3 is 0 Å². The van der Waals surface area contributed by atoms with Crippen molar-refractivity contribution < 1.29 is 4.79 Å². The van der Waals surface area contributed by atoms with Gasteiger partial charge < -0.3 is 5.32 Å². The van der Waals surface area contributed by atoms with Crippen LogP contribution in [0, 0.1) is 5.41 Å². The van der Waals surface area contributed by atoms with Gasteiger partial charge in [0.1, 0.15) is 0 Å². The zero-order valence-corrected chi connectivity index (χ0v) is 15.4. The minimum atomic E-state index is 0.233. The third kappa shape index (κ3) is 3.98. The Morgan fingerprint density at radius 3 is 2.50 bits per heavy atom. The van der Waals surface area contributed by atoms with E-state index in [2.05, 4.69) is 39.6 Å². The minimum absolute atomic E-state index is 0.233. The van der Waals surface area contributed by atoms with Gasteiger partial charge in [-0.2, -0.15) is 5.10 Å². The summed E-state index contributed by atoms with van der Waals surface area (Å²) in [7, 11) is 0. The van der Waals surface area contributed by atoms with Crippen LogP contribution < -0.4 is 5.32 Å². The lowest BCUT2D eigenvalue weighted by atomic mass is 9.73. The van der Waals surface area contributed by atoms with Gasteiger partial charge in [0.05, 0.1) is 6.54 Å². The van der Waals surface area contributed by atoms with E-state index in [-0.39, 0.29) is 5.91 Å². The van der Waals surface area contributed by atoms with Gasteiger partial charge in [-0.25, -0.2) is 0 Å². The molecular weight excluding hydrogens is 324 g/mol. The van der Waals surface area contributed by atoms with Crippen molar-refractivity contribution in [2.45, 2.75) is 45.2 Å². The molecule has 1 aromatic carbocycles. The monoisotopic (exact) mass is 352 g/mol. The van der Waals surface area contributed by atoms with Crippen molar-refractivity contribution in [3.8, 4) is 0 Å². The standard InChI is InChI=1S/C21H28N4O/c26-20-6-7-21(8-12-22-20)9-14-24(15-10-21)16-18-4-1-2-5-19(18)17-25-13-3-11-23-25/h1-5,11,13H,6-10,12,14-17H2,(H,22,26). The van der Waals surface area contributed by atoms with Crippen molar-refractivity contribution in [2.75, 3.05) is 19.6 Å². The van der Waals surface area contributed by atoms with Crippen LogP contribution >= 0.6 is 0 Å². The predicted octanol–water partition coefficient (Wildman–Crippen LogP) is 2.81. The van der Waals surface area contributed by atoms with Gasteiger partial charge in [-0.3, -0.25) is 14.4 Å². The number of hydrogen-bond donors (Lipinski definition) is 1. The second-order valence-corrected chi connectivity index (χ2v) is 7.85. The zero-order chi connectivity index (χ0) is 17.8. The molecule has 1 aromatic heterocycles. The normalized spacial score (nSPS) is 20.7. The average Bonchev–Trinajstić information content (AvgIpc) is 3.10. The van der Waals surface area contributed by atoms with E-state index in [1.165, 1.54) is 24.0 Å². The fourth-order valence-electron chi connectivity index (χ4n) is 4.42. The zero-order valence-electron chi connectivity index (χ0n) is 15.4. The molecule has 1 N–H and O–H groups in total. The van der Waals surface area contributed by atoms with Crippen LogP contribution in [-0.2, 0) is 17.9 Å². The first-order chi connectivity index (χ1) is 12.7. The first-order valence-electron chi connectivity index (χ1n) is 9.76. The maximum Gasteiger partial charge on any atom is 0.220 e. The Balaban J connectivity index is 1.38. The van der Waals surface area contributed by atoms with Crippen molar-refractivity contribution in [3.05, 3.63) is 53.9 Å². The molecule has 2 aromatic rings. The van der Waals surface area contributed by atoms with E-state index < -0.39 is 0 Å². The molecule has 5 heteroatoms. The summed E-state index contributed by atoms with van der Waals surface area (Å²) >= 11 is 0. The summed E-state index contributed by atoms with van der Waals surface area (Å²) in [6.45, 7) is 4.94. The van der Waals surface area contributed by atoms with Gasteiger partial charge in [-0.05, 0) is 61.4 Å². The fourth-order valence-corrected chi connectivity index (χ4v) is 4.42. The summed E-state index contributed by atoms with van der Waals surface area (Å²) in [5.74, 6) is 0.233. The number of likely N-dealkylation sites (tertiary alicyclic amines) is 1. The number of piperidine rings is 1. The van der Waals surface area contributed by atoms with Gasteiger partial charge in [-0.15, -0.1) is 0 Å². The summed E-state index contributed by atoms with van der Waals surface area (Å²) < 4.78 is 1.99. The molecule has 0 bridgehead atoms. The van der Waals surface area contributed by atoms with E-state index >= 15 is 0 Å². The number of hydrogen-bond acceptors (Lipinski definition) is 3. The summed E-state index contributed by atoms with van der Waals surface area (Å²) in [4.78, 5) is 14.2. The molecule has 2 saturated heterocycles. The van der Waals surface area contributed by atoms with Gasteiger partial charge in [0.25, 0.3) is 0 Å². The predicted molar refractivity (Wildman–Crippen MR) is 102 cm³/mol. The summed E-state index contributed by atoms with van der Waals surface area (Å²) in [6.07, 6.45) is 9.17. The van der Waals surface area contributed by atoms with Crippen LogP contribution in [0.15, 0.2) is 42.7 Å². The Kier molecular flexibility index (Phi) is 5.07. The van der Waals surface area contributed by atoms with Crippen LogP contribution in [0.1, 0.15) is 43.2 Å². The number of nitrogens with zero attached hydrogens (tertiary/aromatic N) is 3. The molecule has 5 nitrogen and oxygen atoms in total. The molecule has 0 radical (unpaired) electrons. The molecule has 0 saturated carbocycles. The van der Waals surface area contributed by atoms with Crippen molar-refractivity contribution in [1.82, 2.24) is 20.0 Å². The largest absolute Gasteiger partial charge is 0.356 e. The highest BCUT2D eigenvalue weighted by atomic mass is 16.1. The molecule has 3 heterocycles. The lowest BCUT2D eigenvalue weighted by Gasteiger charge is -2.41. The number of rotatable bonds is 4. The van der Waals surface area contributed by atoms with Crippen molar-refractivity contribution >= 4 is 5.91 Å². The van der Waals surface area contributed by atoms with Crippen LogP contribution in [0.2, 0.25) is 0 Å². The van der Waals surface area contributed by atoms with Crippen LogP contribution in [-0.4, -0.2) is 40.2 Å². The lowest BCUT2D eigenvalue weighted by molar-refractivity contribution is -0.121. The molecule has 4 rings (SSSR count). The molecule has 1 spiro atoms. The summed E-state index contributed by atoms with van der Waals surface area (Å²) in [5.41, 5.74) is 3.13. The number of aromatic nitrogens is 2. The van der Waals surface area contributed by atoms with Crippen LogP contribution in [0.3, 0.4) is 0 Å². The molecule has 0 unspecified atom stereocenters. The smallest absolute Gasteiger partial charge is 0.220 e. The maximum absolute atomic E-state index is 11.7. The molecular formula is C21H28N4O. The highest BCUT2D eigenvalue weighted by Crippen LogP contribution is 2.40. The topological polar surface area (TPSA) is 50.2 Å². The highest BCUT2D eigenvalue weighted by molar-refractivity contribution is 5.76. The number of nitrogens with one attached hydrogen (secondary N) is 1. The van der Waals surface area contributed by atoms with E-state index in [4.69, 9.17) is 0 Å². The fraction of sp³-hybridized carbons (Fsp3) is 0.524. The Labute approximate surface area is 155 Å². The molecule has 2 fully saturated rings. The SMILES string of the molecule is O=C1CCC2(CCN1)CCN(Cc1ccccc1Cn1cccn1)CC2. The molecule has 0 atom stereocenters. The Morgan fingerprint density at radius 2 is 1.77 bits per heavy atom. The summed E-state index contributed by atoms with van der Waals surface area (Å²) in [6, 6.07) is 10.7. The van der Waals surface area contributed by atoms with Crippen LogP contribution in [0.5, 0.6) is 0 Å². The Bertz CT molecular complexity index is 732. The molecule has 2 aliphatic rings. The average molecular weight is 352 g/mol. The van der Waals surface area contributed by atoms with Crippen molar-refractivity contribution in [2.24, 2.45) is 5.41 Å². The van der Waals surface area contributed by atoms with Crippen LogP contribution in [0.4, 0.5) is 0 Å². The van der Waals surface area contributed by atoms with E-state index in [1.54, 1.807) is 0 Å². The molecule has 138 valence electrons. The van der Waals surface area contributed by atoms with E-state index in [1.807, 2.05) is 23.1 Å². The number of benzene rings is 1. The Hall–Kier alpha value is -2.14. The first kappa shape index (κ1) is 17.3. The molecule has 0 aliphatic carbocycles. The minimum Gasteiger partial charge on any atom is -0.356 e. The molecule has 2 aliphatic heterocycles. The van der Waals surface area contributed by atoms with Crippen LogP contribution in [0.25, 0.3) is 0 Å². The lowest BCUT2D eigenvalue weighted by Crippen LogP contribution is -2.40. The van der Waals surface area contributed by atoms with Crippen molar-refractivity contribution in [3.63, 3.8) is 0 Å². The third-order valence-corrected chi connectivity index (χ3v) is 6.18. The van der Waals surface area contributed by atoms with Gasteiger partial charge in [0.15, 0.2) is 0 Å². The molecule has 26 heavy (non-hydrogen) atoms. The maximum atomic E-state index is 11.7. The number of amides is 1. The molecule has 1 amide bonds. The first-order valence-corrected chi connectivity index (χ1v) is 9.76. The van der Waals surface area contributed by atoms with E-state index in [0.717, 1.165) is 45.6 Å². The second-order valence-electron chi connectivity index (χ2n) is 7.85. The number of carbonyl (C=O) groups is 1. The Morgan fingerprint density at radius 1 is 1.00 bits per heavy atom. The van der Waals surface area contributed by atoms with Gasteiger partial charge in [0.2, 0.25) is 5.91 Å². The van der Waals surface area contributed by atoms with Crippen molar-refractivity contribution in [1.29, 1.82) is 0 Å². The van der Waals surface area contributed by atoms with Gasteiger partial charge in [-0.1, -0.05) is 24.3 Å². The quantitative estimate of drug-likeness (QED) is 0.920. The second kappa shape index (κ2) is 7.62. The van der Waals surface area contributed by atoms with Gasteiger partial charge in [0, 0.05) is 31.9 Å². The van der Waals surface area contributed by atoms with E-state index in [0.29, 0.717) is 11.8 Å². The summed E-state index contributed by atoms with van der Waals surface area (Å²) in [5, 5.41) is 7.38.